The summed E-state index contributed by atoms with van der Waals surface area (Å²) in [6.07, 6.45) is 8.05. The quantitative estimate of drug-likeness (QED) is 0.416. The van der Waals surface area contributed by atoms with Crippen LogP contribution in [-0.4, -0.2) is 118 Å². The molecule has 1 saturated carbocycles. The zero-order chi connectivity index (χ0) is 31.9. The van der Waals surface area contributed by atoms with Gasteiger partial charge >= 0.3 is 12.2 Å². The van der Waals surface area contributed by atoms with Crippen LogP contribution in [0, 0.1) is 37.5 Å². The summed E-state index contributed by atoms with van der Waals surface area (Å²) in [5, 5.41) is 0. The molecule has 4 atom stereocenters. The molecule has 1 spiro atoms. The first-order valence-electron chi connectivity index (χ1n) is 17.3. The van der Waals surface area contributed by atoms with Gasteiger partial charge in [-0.2, -0.15) is 0 Å². The minimum Gasteiger partial charge on any atom is -0.450 e. The lowest BCUT2D eigenvalue weighted by atomic mass is 9.74. The molecule has 0 N–H and O–H groups in total. The maximum absolute atomic E-state index is 13.5. The summed E-state index contributed by atoms with van der Waals surface area (Å²) in [7, 11) is 0. The van der Waals surface area contributed by atoms with E-state index < -0.39 is 5.60 Å². The molecule has 4 saturated heterocycles. The molecule has 1 aromatic heterocycles. The Labute approximate surface area is 268 Å². The summed E-state index contributed by atoms with van der Waals surface area (Å²) < 4.78 is 11.7. The number of nitrogens with zero attached hydrogens (tertiary/aromatic N) is 6. The number of fused-ring (bicyclic) bond motifs is 1. The maximum atomic E-state index is 13.5. The number of aromatic nitrogens is 2. The van der Waals surface area contributed by atoms with Crippen LogP contribution in [0.2, 0.25) is 0 Å². The number of likely N-dealkylation sites (tertiary alicyclic amines) is 3. The van der Waals surface area contributed by atoms with Gasteiger partial charge in [0.15, 0.2) is 0 Å². The molecule has 5 aliphatic rings. The number of piperidine rings is 3. The molecule has 45 heavy (non-hydrogen) atoms. The number of hydrogen-bond donors (Lipinski definition) is 0. The molecule has 1 aliphatic carbocycles. The number of rotatable bonds is 8. The van der Waals surface area contributed by atoms with Crippen LogP contribution in [0.5, 0.6) is 0 Å². The summed E-state index contributed by atoms with van der Waals surface area (Å²) in [5.74, 6) is 1.75. The Morgan fingerprint density at radius 1 is 0.956 bits per heavy atom. The lowest BCUT2D eigenvalue weighted by Crippen LogP contribution is -2.63. The summed E-state index contributed by atoms with van der Waals surface area (Å²) in [4.78, 5) is 55.9. The summed E-state index contributed by atoms with van der Waals surface area (Å²) in [5.41, 5.74) is 1.73. The van der Waals surface area contributed by atoms with Crippen LogP contribution < -0.4 is 0 Å². The molecule has 0 bridgehead atoms. The highest BCUT2D eigenvalue weighted by atomic mass is 16.6. The van der Waals surface area contributed by atoms with Gasteiger partial charge in [0.1, 0.15) is 11.9 Å². The Kier molecular flexibility index (Phi) is 9.02. The van der Waals surface area contributed by atoms with Crippen molar-refractivity contribution in [2.24, 2.45) is 23.7 Å². The predicted octanol–water partition coefficient (Wildman–Crippen LogP) is 4.52. The Balaban J connectivity index is 1.03. The van der Waals surface area contributed by atoms with E-state index in [1.807, 2.05) is 35.5 Å². The summed E-state index contributed by atoms with van der Waals surface area (Å²) >= 11 is 0. The van der Waals surface area contributed by atoms with Crippen LogP contribution >= 0.6 is 0 Å². The van der Waals surface area contributed by atoms with Crippen molar-refractivity contribution < 1.29 is 23.9 Å². The fraction of sp³-hybridized carbons (Fsp3) is 0.794. The van der Waals surface area contributed by atoms with Gasteiger partial charge in [-0.15, -0.1) is 0 Å². The van der Waals surface area contributed by atoms with Crippen LogP contribution in [0.15, 0.2) is 6.33 Å². The molecule has 2 unspecified atom stereocenters. The molecule has 11 heteroatoms. The largest absolute Gasteiger partial charge is 0.450 e. The normalized spacial score (nSPS) is 29.0. The first kappa shape index (κ1) is 32.0. The van der Waals surface area contributed by atoms with E-state index in [9.17, 15) is 14.4 Å². The zero-order valence-electron chi connectivity index (χ0n) is 27.9. The molecule has 1 aromatic rings. The van der Waals surface area contributed by atoms with Crippen molar-refractivity contribution in [1.82, 2.24) is 29.6 Å². The third-order valence-electron chi connectivity index (χ3n) is 11.9. The average Bonchev–Trinajstić information content (AvgIpc) is 3.44. The van der Waals surface area contributed by atoms with Gasteiger partial charge in [0, 0.05) is 76.7 Å². The molecular formula is C34H52N6O5. The summed E-state index contributed by atoms with van der Waals surface area (Å²) in [6, 6.07) is 0. The molecule has 248 valence electrons. The van der Waals surface area contributed by atoms with Gasteiger partial charge in [-0.3, -0.25) is 9.69 Å². The fourth-order valence-electron chi connectivity index (χ4n) is 8.82. The van der Waals surface area contributed by atoms with E-state index in [-0.39, 0.29) is 23.6 Å². The number of carbonyl (C=O) groups excluding carboxylic acids is 3. The second-order valence-corrected chi connectivity index (χ2v) is 14.5. The van der Waals surface area contributed by atoms with Crippen LogP contribution in [-0.2, 0) is 9.47 Å². The topological polar surface area (TPSA) is 108 Å². The monoisotopic (exact) mass is 624 g/mol. The fourth-order valence-corrected chi connectivity index (χ4v) is 8.82. The minimum atomic E-state index is -0.394. The van der Waals surface area contributed by atoms with E-state index in [1.165, 1.54) is 6.33 Å². The number of amides is 3. The van der Waals surface area contributed by atoms with E-state index >= 15 is 0 Å². The van der Waals surface area contributed by atoms with Crippen LogP contribution in [0.1, 0.15) is 87.5 Å². The van der Waals surface area contributed by atoms with Crippen molar-refractivity contribution in [1.29, 1.82) is 0 Å². The minimum absolute atomic E-state index is 0.0144. The molecule has 11 nitrogen and oxygen atoms in total. The van der Waals surface area contributed by atoms with Gasteiger partial charge in [0.25, 0.3) is 5.91 Å². The lowest BCUT2D eigenvalue weighted by molar-refractivity contribution is -0.133. The predicted molar refractivity (Wildman–Crippen MR) is 169 cm³/mol. The molecule has 5 heterocycles. The number of ether oxygens (including phenoxy) is 2. The Hall–Kier alpha value is -2.95. The second kappa shape index (κ2) is 12.7. The first-order valence-corrected chi connectivity index (χ1v) is 17.3. The van der Waals surface area contributed by atoms with E-state index in [0.29, 0.717) is 48.9 Å². The van der Waals surface area contributed by atoms with Crippen molar-refractivity contribution in [3.8, 4) is 0 Å². The Morgan fingerprint density at radius 3 is 2.20 bits per heavy atom. The zero-order valence-corrected chi connectivity index (χ0v) is 27.9. The highest BCUT2D eigenvalue weighted by molar-refractivity contribution is 5.96. The van der Waals surface area contributed by atoms with Crippen molar-refractivity contribution in [3.05, 3.63) is 23.3 Å². The Morgan fingerprint density at radius 2 is 1.60 bits per heavy atom. The molecule has 4 aliphatic heterocycles. The molecule has 0 radical (unpaired) electrons. The van der Waals surface area contributed by atoms with Gasteiger partial charge in [-0.25, -0.2) is 19.6 Å². The maximum Gasteiger partial charge on any atom is 0.410 e. The van der Waals surface area contributed by atoms with Gasteiger partial charge in [0.2, 0.25) is 0 Å². The second-order valence-electron chi connectivity index (χ2n) is 14.5. The van der Waals surface area contributed by atoms with Crippen molar-refractivity contribution >= 4 is 18.1 Å². The van der Waals surface area contributed by atoms with E-state index in [2.05, 4.69) is 28.7 Å². The van der Waals surface area contributed by atoms with Crippen LogP contribution in [0.3, 0.4) is 0 Å². The van der Waals surface area contributed by atoms with Crippen LogP contribution in [0.4, 0.5) is 9.59 Å². The standard InChI is InChI=1S/C34H52N6O5/c1-6-8-9-25-18-38(19-26-27-20-39(21-28(26)27)31(42)44-7-2)32(43)45-34(25)12-16-40(17-13-34)33(5)10-14-37(15-11-33)30(41)29-23(3)35-22-36-24(29)4/h22,25-28H,6-21H2,1-5H3/t25?,26?,27-,28+. The average molecular weight is 625 g/mol. The number of carbonyl (C=O) groups is 3. The molecule has 6 rings (SSSR count). The lowest BCUT2D eigenvalue weighted by Gasteiger charge is -2.55. The molecule has 5 fully saturated rings. The van der Waals surface area contributed by atoms with Crippen molar-refractivity contribution in [3.63, 3.8) is 0 Å². The SMILES string of the molecule is CCCCC1CN(CC2[C@H]3CN(C(=O)OCC)C[C@@H]23)C(=O)OC12CCN(C1(C)CCN(C(=O)c3c(C)ncnc3C)CC1)CC2. The number of hydrogen-bond acceptors (Lipinski definition) is 8. The van der Waals surface area contributed by atoms with Gasteiger partial charge in [-0.05, 0) is 64.7 Å². The highest BCUT2D eigenvalue weighted by Gasteiger charge is 2.59. The molecule has 3 amide bonds. The van der Waals surface area contributed by atoms with E-state index in [1.54, 1.807) is 0 Å². The van der Waals surface area contributed by atoms with Crippen molar-refractivity contribution in [2.75, 3.05) is 59.0 Å². The van der Waals surface area contributed by atoms with Gasteiger partial charge < -0.3 is 24.2 Å². The number of aryl methyl sites for hydroxylation is 2. The molecular weight excluding hydrogens is 572 g/mol. The van der Waals surface area contributed by atoms with E-state index in [4.69, 9.17) is 9.47 Å². The molecule has 0 aromatic carbocycles. The third-order valence-corrected chi connectivity index (χ3v) is 11.9. The third kappa shape index (κ3) is 6.13. The first-order chi connectivity index (χ1) is 21.6. The Bertz CT molecular complexity index is 1240. The van der Waals surface area contributed by atoms with Gasteiger partial charge in [0.05, 0.1) is 23.6 Å². The van der Waals surface area contributed by atoms with Crippen LogP contribution in [0.25, 0.3) is 0 Å². The van der Waals surface area contributed by atoms with E-state index in [0.717, 1.165) is 95.6 Å². The highest BCUT2D eigenvalue weighted by Crippen LogP contribution is 2.53. The summed E-state index contributed by atoms with van der Waals surface area (Å²) in [6.45, 7) is 16.8. The smallest absolute Gasteiger partial charge is 0.410 e. The van der Waals surface area contributed by atoms with Crippen molar-refractivity contribution in [2.45, 2.75) is 90.7 Å². The van der Waals surface area contributed by atoms with Gasteiger partial charge in [-0.1, -0.05) is 19.8 Å². The number of unbranched alkanes of at least 4 members (excludes halogenated alkanes) is 1.